The highest BCUT2D eigenvalue weighted by Crippen LogP contribution is 2.18. The minimum Gasteiger partial charge on any atom is -0.388 e. The Labute approximate surface area is 83.9 Å². The molecule has 0 heterocycles. The number of rotatable bonds is 3. The Kier molecular flexibility index (Phi) is 3.24. The Morgan fingerprint density at radius 3 is 2.79 bits per heavy atom. The van der Waals surface area contributed by atoms with Gasteiger partial charge in [0.2, 0.25) is 0 Å². The summed E-state index contributed by atoms with van der Waals surface area (Å²) in [5.74, 6) is 0. The zero-order valence-corrected chi connectivity index (χ0v) is 8.39. The van der Waals surface area contributed by atoms with Crippen molar-refractivity contribution in [3.8, 4) is 6.07 Å². The molecule has 0 amide bonds. The van der Waals surface area contributed by atoms with Crippen molar-refractivity contribution in [2.24, 2.45) is 0 Å². The molecule has 1 rings (SSSR count). The molecule has 3 nitrogen and oxygen atoms in total. The van der Waals surface area contributed by atoms with Crippen LogP contribution in [0.25, 0.3) is 0 Å². The standard InChI is InChI=1S/C11H13N3/c1-3-10(13)9-5-4-8(7-12)6-11(9)14-2/h4-6,13-14H,3H2,1-2H3. The number of hydrogen-bond acceptors (Lipinski definition) is 3. The first-order chi connectivity index (χ1) is 6.72. The van der Waals surface area contributed by atoms with Gasteiger partial charge in [0.25, 0.3) is 0 Å². The van der Waals surface area contributed by atoms with Crippen LogP contribution in [-0.2, 0) is 0 Å². The summed E-state index contributed by atoms with van der Waals surface area (Å²) < 4.78 is 0. The zero-order chi connectivity index (χ0) is 10.6. The largest absolute Gasteiger partial charge is 0.388 e. The number of nitrogens with one attached hydrogen (secondary N) is 2. The molecule has 0 atom stereocenters. The second kappa shape index (κ2) is 4.43. The van der Waals surface area contributed by atoms with Gasteiger partial charge in [0.15, 0.2) is 0 Å². The van der Waals surface area contributed by atoms with Gasteiger partial charge in [0.05, 0.1) is 11.6 Å². The highest BCUT2D eigenvalue weighted by atomic mass is 14.8. The third-order valence-corrected chi connectivity index (χ3v) is 2.10. The van der Waals surface area contributed by atoms with Gasteiger partial charge in [-0.1, -0.05) is 6.92 Å². The van der Waals surface area contributed by atoms with E-state index in [-0.39, 0.29) is 0 Å². The maximum absolute atomic E-state index is 8.71. The molecule has 0 unspecified atom stereocenters. The fourth-order valence-electron chi connectivity index (χ4n) is 1.27. The molecule has 0 radical (unpaired) electrons. The smallest absolute Gasteiger partial charge is 0.0992 e. The monoisotopic (exact) mass is 187 g/mol. The van der Waals surface area contributed by atoms with Crippen LogP contribution in [0.3, 0.4) is 0 Å². The van der Waals surface area contributed by atoms with Crippen LogP contribution >= 0.6 is 0 Å². The lowest BCUT2D eigenvalue weighted by Crippen LogP contribution is -2.02. The van der Waals surface area contributed by atoms with E-state index in [1.54, 1.807) is 19.2 Å². The summed E-state index contributed by atoms with van der Waals surface area (Å²) in [4.78, 5) is 0. The van der Waals surface area contributed by atoms with Gasteiger partial charge in [-0.3, -0.25) is 0 Å². The van der Waals surface area contributed by atoms with E-state index in [4.69, 9.17) is 10.7 Å². The lowest BCUT2D eigenvalue weighted by atomic mass is 10.0. The van der Waals surface area contributed by atoms with E-state index in [2.05, 4.69) is 11.4 Å². The topological polar surface area (TPSA) is 59.7 Å². The van der Waals surface area contributed by atoms with Crippen LogP contribution in [0, 0.1) is 16.7 Å². The predicted octanol–water partition coefficient (Wildman–Crippen LogP) is 2.38. The van der Waals surface area contributed by atoms with Crippen molar-refractivity contribution in [2.45, 2.75) is 13.3 Å². The number of benzene rings is 1. The Balaban J connectivity index is 3.19. The van der Waals surface area contributed by atoms with E-state index in [9.17, 15) is 0 Å². The molecule has 0 aliphatic heterocycles. The highest BCUT2D eigenvalue weighted by molar-refractivity contribution is 6.03. The van der Waals surface area contributed by atoms with Crippen molar-refractivity contribution in [2.75, 3.05) is 12.4 Å². The van der Waals surface area contributed by atoms with Crippen molar-refractivity contribution in [1.29, 1.82) is 10.7 Å². The van der Waals surface area contributed by atoms with Crippen molar-refractivity contribution in [3.05, 3.63) is 29.3 Å². The molecule has 0 aliphatic carbocycles. The average Bonchev–Trinajstić information content (AvgIpc) is 2.27. The molecule has 1 aromatic carbocycles. The lowest BCUT2D eigenvalue weighted by molar-refractivity contribution is 1.24. The van der Waals surface area contributed by atoms with Crippen molar-refractivity contribution >= 4 is 11.4 Å². The first kappa shape index (κ1) is 10.3. The van der Waals surface area contributed by atoms with Crippen LogP contribution in [0.4, 0.5) is 5.69 Å². The molecule has 1 aromatic rings. The van der Waals surface area contributed by atoms with Crippen molar-refractivity contribution in [1.82, 2.24) is 0 Å². The van der Waals surface area contributed by atoms with Gasteiger partial charge in [-0.15, -0.1) is 0 Å². The average molecular weight is 187 g/mol. The van der Waals surface area contributed by atoms with Crippen LogP contribution in [-0.4, -0.2) is 12.8 Å². The summed E-state index contributed by atoms with van der Waals surface area (Å²) in [6.45, 7) is 1.94. The van der Waals surface area contributed by atoms with Crippen LogP contribution in [0.2, 0.25) is 0 Å². The van der Waals surface area contributed by atoms with Crippen LogP contribution < -0.4 is 5.32 Å². The minimum atomic E-state index is 0.582. The summed E-state index contributed by atoms with van der Waals surface area (Å²) in [5, 5.41) is 19.4. The summed E-state index contributed by atoms with van der Waals surface area (Å²) in [6.07, 6.45) is 0.695. The van der Waals surface area contributed by atoms with E-state index in [1.807, 2.05) is 13.0 Å². The number of anilines is 1. The molecule has 0 fully saturated rings. The molecule has 2 N–H and O–H groups in total. The molecule has 0 saturated carbocycles. The Morgan fingerprint density at radius 1 is 1.57 bits per heavy atom. The molecule has 0 aliphatic rings. The molecule has 0 aromatic heterocycles. The molecule has 0 spiro atoms. The van der Waals surface area contributed by atoms with Crippen LogP contribution in [0.15, 0.2) is 18.2 Å². The second-order valence-electron chi connectivity index (χ2n) is 2.95. The van der Waals surface area contributed by atoms with Crippen LogP contribution in [0.5, 0.6) is 0 Å². The van der Waals surface area contributed by atoms with Gasteiger partial charge < -0.3 is 10.7 Å². The summed E-state index contributed by atoms with van der Waals surface area (Å²) in [5.41, 5.74) is 2.91. The predicted molar refractivity (Wildman–Crippen MR) is 57.8 cm³/mol. The summed E-state index contributed by atoms with van der Waals surface area (Å²) >= 11 is 0. The Bertz CT molecular complexity index is 388. The normalized spacial score (nSPS) is 9.21. The van der Waals surface area contributed by atoms with Gasteiger partial charge in [0.1, 0.15) is 0 Å². The zero-order valence-electron chi connectivity index (χ0n) is 8.39. The van der Waals surface area contributed by atoms with Crippen molar-refractivity contribution in [3.63, 3.8) is 0 Å². The lowest BCUT2D eigenvalue weighted by Gasteiger charge is -2.09. The van der Waals surface area contributed by atoms with Crippen LogP contribution in [0.1, 0.15) is 24.5 Å². The third-order valence-electron chi connectivity index (χ3n) is 2.10. The minimum absolute atomic E-state index is 0.582. The van der Waals surface area contributed by atoms with Gasteiger partial charge in [0, 0.05) is 24.0 Å². The summed E-state index contributed by atoms with van der Waals surface area (Å²) in [6, 6.07) is 7.39. The fourth-order valence-corrected chi connectivity index (χ4v) is 1.27. The maximum atomic E-state index is 8.71. The van der Waals surface area contributed by atoms with Gasteiger partial charge in [-0.2, -0.15) is 5.26 Å². The third kappa shape index (κ3) is 1.91. The van der Waals surface area contributed by atoms with Crippen molar-refractivity contribution < 1.29 is 0 Å². The maximum Gasteiger partial charge on any atom is 0.0992 e. The fraction of sp³-hybridized carbons (Fsp3) is 0.273. The van der Waals surface area contributed by atoms with Gasteiger partial charge >= 0.3 is 0 Å². The molecule has 0 bridgehead atoms. The number of nitrogens with zero attached hydrogens (tertiary/aromatic N) is 1. The molecule has 0 saturated heterocycles. The molecule has 3 heteroatoms. The molecule has 14 heavy (non-hydrogen) atoms. The first-order valence-electron chi connectivity index (χ1n) is 4.52. The van der Waals surface area contributed by atoms with E-state index in [0.717, 1.165) is 11.3 Å². The Morgan fingerprint density at radius 2 is 2.29 bits per heavy atom. The Hall–Kier alpha value is -1.82. The van der Waals surface area contributed by atoms with E-state index in [0.29, 0.717) is 17.7 Å². The first-order valence-corrected chi connectivity index (χ1v) is 4.52. The van der Waals surface area contributed by atoms with E-state index >= 15 is 0 Å². The van der Waals surface area contributed by atoms with E-state index < -0.39 is 0 Å². The number of hydrogen-bond donors (Lipinski definition) is 2. The second-order valence-corrected chi connectivity index (χ2v) is 2.95. The van der Waals surface area contributed by atoms with E-state index in [1.165, 1.54) is 0 Å². The number of nitriles is 1. The molecular formula is C11H13N3. The SMILES string of the molecule is CCC(=N)c1ccc(C#N)cc1NC. The molecule has 72 valence electrons. The van der Waals surface area contributed by atoms with Gasteiger partial charge in [-0.05, 0) is 24.6 Å². The molecular weight excluding hydrogens is 174 g/mol. The van der Waals surface area contributed by atoms with Gasteiger partial charge in [-0.25, -0.2) is 0 Å². The quantitative estimate of drug-likeness (QED) is 0.714. The summed E-state index contributed by atoms with van der Waals surface area (Å²) in [7, 11) is 1.79. The highest BCUT2D eigenvalue weighted by Gasteiger charge is 2.05.